The molecule has 0 heterocycles. The van der Waals surface area contributed by atoms with Crippen molar-refractivity contribution in [2.24, 2.45) is 0 Å². The van der Waals surface area contributed by atoms with Gasteiger partial charge in [0.15, 0.2) is 0 Å². The van der Waals surface area contributed by atoms with Crippen LogP contribution in [0.25, 0.3) is 0 Å². The molecule has 0 amide bonds. The predicted molar refractivity (Wildman–Crippen MR) is 81.5 cm³/mol. The molecule has 6 heteroatoms. The van der Waals surface area contributed by atoms with Crippen LogP contribution in [0.4, 0.5) is 5.69 Å². The molecule has 4 nitrogen and oxygen atoms in total. The molecule has 0 saturated heterocycles. The summed E-state index contributed by atoms with van der Waals surface area (Å²) in [5.74, 6) is 0. The van der Waals surface area contributed by atoms with E-state index in [4.69, 9.17) is 11.6 Å². The highest BCUT2D eigenvalue weighted by atomic mass is 35.5. The van der Waals surface area contributed by atoms with Crippen LogP contribution in [0.15, 0.2) is 53.4 Å². The SMILES string of the molecule is CNCc1cccc(NS(=O)(=O)c2ccccc2Cl)c1. The summed E-state index contributed by atoms with van der Waals surface area (Å²) >= 11 is 5.93. The first-order valence-electron chi connectivity index (χ1n) is 6.04. The zero-order chi connectivity index (χ0) is 14.6. The first-order chi connectivity index (χ1) is 9.53. The summed E-state index contributed by atoms with van der Waals surface area (Å²) in [5.41, 5.74) is 1.50. The third kappa shape index (κ3) is 3.50. The molecular weight excluding hydrogens is 296 g/mol. The van der Waals surface area contributed by atoms with Crippen molar-refractivity contribution in [3.05, 3.63) is 59.1 Å². The van der Waals surface area contributed by atoms with E-state index in [9.17, 15) is 8.42 Å². The highest BCUT2D eigenvalue weighted by Crippen LogP contribution is 2.23. The van der Waals surface area contributed by atoms with Crippen molar-refractivity contribution in [3.8, 4) is 0 Å². The topological polar surface area (TPSA) is 58.2 Å². The second-order valence-electron chi connectivity index (χ2n) is 4.27. The molecule has 0 spiro atoms. The minimum absolute atomic E-state index is 0.0701. The lowest BCUT2D eigenvalue weighted by molar-refractivity contribution is 0.601. The summed E-state index contributed by atoms with van der Waals surface area (Å²) < 4.78 is 27.1. The zero-order valence-electron chi connectivity index (χ0n) is 10.9. The molecule has 2 rings (SSSR count). The quantitative estimate of drug-likeness (QED) is 0.893. The van der Waals surface area contributed by atoms with Gasteiger partial charge in [0.1, 0.15) is 4.90 Å². The first kappa shape index (κ1) is 14.8. The van der Waals surface area contributed by atoms with Crippen LogP contribution in [-0.4, -0.2) is 15.5 Å². The lowest BCUT2D eigenvalue weighted by Crippen LogP contribution is -2.14. The first-order valence-corrected chi connectivity index (χ1v) is 7.90. The van der Waals surface area contributed by atoms with Gasteiger partial charge in [-0.05, 0) is 36.9 Å². The highest BCUT2D eigenvalue weighted by molar-refractivity contribution is 7.92. The van der Waals surface area contributed by atoms with Crippen molar-refractivity contribution in [1.82, 2.24) is 5.32 Å². The molecule has 20 heavy (non-hydrogen) atoms. The molecule has 0 radical (unpaired) electrons. The number of hydrogen-bond donors (Lipinski definition) is 2. The average Bonchev–Trinajstić information content (AvgIpc) is 2.39. The van der Waals surface area contributed by atoms with E-state index in [2.05, 4.69) is 10.0 Å². The van der Waals surface area contributed by atoms with Crippen LogP contribution >= 0.6 is 11.6 Å². The second kappa shape index (κ2) is 6.26. The molecule has 0 aliphatic carbocycles. The highest BCUT2D eigenvalue weighted by Gasteiger charge is 2.17. The molecule has 2 aromatic rings. The van der Waals surface area contributed by atoms with E-state index in [1.165, 1.54) is 6.07 Å². The monoisotopic (exact) mass is 310 g/mol. The van der Waals surface area contributed by atoms with Gasteiger partial charge in [-0.3, -0.25) is 4.72 Å². The third-order valence-electron chi connectivity index (χ3n) is 2.69. The minimum atomic E-state index is -3.68. The van der Waals surface area contributed by atoms with Crippen molar-refractivity contribution in [2.75, 3.05) is 11.8 Å². The summed E-state index contributed by atoms with van der Waals surface area (Å²) in [4.78, 5) is 0.0701. The van der Waals surface area contributed by atoms with E-state index < -0.39 is 10.0 Å². The summed E-state index contributed by atoms with van der Waals surface area (Å²) in [6, 6.07) is 13.6. The fraction of sp³-hybridized carbons (Fsp3) is 0.143. The fourth-order valence-electron chi connectivity index (χ4n) is 1.82. The average molecular weight is 311 g/mol. The molecule has 2 N–H and O–H groups in total. The van der Waals surface area contributed by atoms with Gasteiger partial charge in [0, 0.05) is 12.2 Å². The van der Waals surface area contributed by atoms with Crippen LogP contribution in [0.5, 0.6) is 0 Å². The number of benzene rings is 2. The van der Waals surface area contributed by atoms with Gasteiger partial charge in [0.05, 0.1) is 5.02 Å². The van der Waals surface area contributed by atoms with Gasteiger partial charge in [-0.1, -0.05) is 35.9 Å². The maximum absolute atomic E-state index is 12.3. The van der Waals surface area contributed by atoms with E-state index in [1.54, 1.807) is 36.4 Å². The number of sulfonamides is 1. The lowest BCUT2D eigenvalue weighted by Gasteiger charge is -2.10. The normalized spacial score (nSPS) is 11.3. The van der Waals surface area contributed by atoms with Gasteiger partial charge >= 0.3 is 0 Å². The summed E-state index contributed by atoms with van der Waals surface area (Å²) in [5, 5.41) is 3.22. The Morgan fingerprint density at radius 2 is 1.85 bits per heavy atom. The third-order valence-corrected chi connectivity index (χ3v) is 4.57. The minimum Gasteiger partial charge on any atom is -0.316 e. The molecular formula is C14H15ClN2O2S. The van der Waals surface area contributed by atoms with E-state index in [-0.39, 0.29) is 9.92 Å². The maximum atomic E-state index is 12.3. The Morgan fingerprint density at radius 3 is 2.55 bits per heavy atom. The van der Waals surface area contributed by atoms with Crippen LogP contribution in [0.3, 0.4) is 0 Å². The summed E-state index contributed by atoms with van der Waals surface area (Å²) in [6.45, 7) is 0.668. The number of rotatable bonds is 5. The Hall–Kier alpha value is -1.56. The predicted octanol–water partition coefficient (Wildman–Crippen LogP) is 2.86. The molecule has 0 unspecified atom stereocenters. The standard InChI is InChI=1S/C14H15ClN2O2S/c1-16-10-11-5-4-6-12(9-11)17-20(18,19)14-8-3-2-7-13(14)15/h2-9,16-17H,10H2,1H3. The molecule has 0 aliphatic heterocycles. The Bertz CT molecular complexity index is 702. The van der Waals surface area contributed by atoms with E-state index >= 15 is 0 Å². The van der Waals surface area contributed by atoms with Gasteiger partial charge in [-0.2, -0.15) is 0 Å². The van der Waals surface area contributed by atoms with Crippen molar-refractivity contribution >= 4 is 27.3 Å². The fourth-order valence-corrected chi connectivity index (χ4v) is 3.39. The van der Waals surface area contributed by atoms with Gasteiger partial charge < -0.3 is 5.32 Å². The van der Waals surface area contributed by atoms with Gasteiger partial charge in [-0.15, -0.1) is 0 Å². The second-order valence-corrected chi connectivity index (χ2v) is 6.32. The van der Waals surface area contributed by atoms with Gasteiger partial charge in [0.2, 0.25) is 0 Å². The molecule has 0 aliphatic rings. The number of anilines is 1. The molecule has 106 valence electrons. The largest absolute Gasteiger partial charge is 0.316 e. The number of halogens is 1. The van der Waals surface area contributed by atoms with E-state index in [0.29, 0.717) is 12.2 Å². The van der Waals surface area contributed by atoms with E-state index in [0.717, 1.165) is 5.56 Å². The molecule has 0 fully saturated rings. The summed E-state index contributed by atoms with van der Waals surface area (Å²) in [7, 11) is -1.84. The van der Waals surface area contributed by atoms with E-state index in [1.807, 2.05) is 13.1 Å². The van der Waals surface area contributed by atoms with Crippen molar-refractivity contribution < 1.29 is 8.42 Å². The van der Waals surface area contributed by atoms with Crippen LogP contribution in [0.1, 0.15) is 5.56 Å². The Morgan fingerprint density at radius 1 is 1.10 bits per heavy atom. The molecule has 0 saturated carbocycles. The lowest BCUT2D eigenvalue weighted by atomic mass is 10.2. The summed E-state index contributed by atoms with van der Waals surface area (Å²) in [6.07, 6.45) is 0. The Labute approximate surface area is 123 Å². The number of nitrogens with one attached hydrogen (secondary N) is 2. The molecule has 0 atom stereocenters. The van der Waals surface area contributed by atoms with Gasteiger partial charge in [0.25, 0.3) is 10.0 Å². The van der Waals surface area contributed by atoms with Crippen molar-refractivity contribution in [1.29, 1.82) is 0 Å². The Balaban J connectivity index is 2.29. The number of hydrogen-bond acceptors (Lipinski definition) is 3. The van der Waals surface area contributed by atoms with Crippen molar-refractivity contribution in [2.45, 2.75) is 11.4 Å². The van der Waals surface area contributed by atoms with Crippen LogP contribution < -0.4 is 10.0 Å². The van der Waals surface area contributed by atoms with Gasteiger partial charge in [-0.25, -0.2) is 8.42 Å². The smallest absolute Gasteiger partial charge is 0.263 e. The zero-order valence-corrected chi connectivity index (χ0v) is 12.5. The van der Waals surface area contributed by atoms with Crippen molar-refractivity contribution in [3.63, 3.8) is 0 Å². The molecule has 0 aromatic heterocycles. The Kier molecular flexibility index (Phi) is 4.65. The van der Waals surface area contributed by atoms with Crippen LogP contribution in [-0.2, 0) is 16.6 Å². The maximum Gasteiger partial charge on any atom is 0.263 e. The van der Waals surface area contributed by atoms with Crippen LogP contribution in [0.2, 0.25) is 5.02 Å². The molecule has 0 bridgehead atoms. The van der Waals surface area contributed by atoms with Crippen LogP contribution in [0, 0.1) is 0 Å². The molecule has 2 aromatic carbocycles.